The molecule has 0 unspecified atom stereocenters. The van der Waals surface area contributed by atoms with Crippen LogP contribution in [0.2, 0.25) is 0 Å². The Kier molecular flexibility index (Phi) is 10.1. The molecule has 0 N–H and O–H groups in total. The van der Waals surface area contributed by atoms with Crippen molar-refractivity contribution < 1.29 is 0 Å². The van der Waals surface area contributed by atoms with Crippen molar-refractivity contribution in [1.82, 2.24) is 0 Å². The highest BCUT2D eigenvalue weighted by Crippen LogP contribution is 1.92. The van der Waals surface area contributed by atoms with E-state index in [0.717, 1.165) is 19.3 Å². The van der Waals surface area contributed by atoms with Gasteiger partial charge in [-0.1, -0.05) is 37.3 Å². The average molecular weight is 193 g/mol. The molecule has 0 fully saturated rings. The second-order valence-corrected chi connectivity index (χ2v) is 2.49. The van der Waals surface area contributed by atoms with E-state index in [1.165, 1.54) is 6.20 Å². The summed E-state index contributed by atoms with van der Waals surface area (Å²) in [7, 11) is 0. The quantitative estimate of drug-likeness (QED) is 0.261. The number of rotatable bonds is 7. The van der Waals surface area contributed by atoms with Crippen LogP contribution >= 0.6 is 0 Å². The third kappa shape index (κ3) is 10.4. The van der Waals surface area contributed by atoms with Crippen molar-refractivity contribution >= 4 is 0 Å². The summed E-state index contributed by atoms with van der Waals surface area (Å²) in [6, 6.07) is 0. The van der Waals surface area contributed by atoms with E-state index in [1.54, 1.807) is 6.08 Å². The first-order valence-corrected chi connectivity index (χ1v) is 4.59. The van der Waals surface area contributed by atoms with Crippen molar-refractivity contribution in [2.75, 3.05) is 0 Å². The summed E-state index contributed by atoms with van der Waals surface area (Å²) in [5.41, 5.74) is 0. The summed E-state index contributed by atoms with van der Waals surface area (Å²) in [5, 5.41) is 8.49. The van der Waals surface area contributed by atoms with Crippen molar-refractivity contribution in [3.63, 3.8) is 0 Å². The number of allylic oxidation sites excluding steroid dienone is 5. The first kappa shape index (κ1) is 12.4. The van der Waals surface area contributed by atoms with Gasteiger partial charge in [0.2, 0.25) is 0 Å². The first-order valence-electron chi connectivity index (χ1n) is 4.59. The smallest absolute Gasteiger partial charge is 0.100 e. The normalized spacial score (nSPS) is 12.6. The van der Waals surface area contributed by atoms with Crippen molar-refractivity contribution in [2.45, 2.75) is 26.2 Å². The molecule has 4 nitrogen and oxygen atoms in total. The minimum absolute atomic E-state index is 0.790. The Morgan fingerprint density at radius 3 is 2.29 bits per heavy atom. The predicted octanol–water partition coefficient (Wildman–Crippen LogP) is 3.94. The van der Waals surface area contributed by atoms with Gasteiger partial charge in [-0.25, -0.2) is 0 Å². The molecule has 14 heavy (non-hydrogen) atoms. The molecule has 0 rings (SSSR count). The Morgan fingerprint density at radius 1 is 1.00 bits per heavy atom. The largest absolute Gasteiger partial charge is 0.136 e. The van der Waals surface area contributed by atoms with Gasteiger partial charge in [0.1, 0.15) is 5.29 Å². The van der Waals surface area contributed by atoms with E-state index in [-0.39, 0.29) is 0 Å². The molecule has 0 aromatic heterocycles. The molecule has 76 valence electrons. The zero-order valence-electron chi connectivity index (χ0n) is 8.34. The number of nitrogens with zero attached hydrogens (tertiary/aromatic N) is 3. The van der Waals surface area contributed by atoms with Crippen LogP contribution in [-0.2, 0) is 0 Å². The Bertz CT molecular complexity index is 242. The summed E-state index contributed by atoms with van der Waals surface area (Å²) in [6.07, 6.45) is 14.4. The third-order valence-electron chi connectivity index (χ3n) is 1.37. The number of nitroso groups, excluding NO2 is 1. The Hall–Kier alpha value is -1.58. The Balaban J connectivity index is 3.43. The number of hydrogen-bond donors (Lipinski definition) is 0. The van der Waals surface area contributed by atoms with E-state index in [2.05, 4.69) is 40.8 Å². The second kappa shape index (κ2) is 11.4. The van der Waals surface area contributed by atoms with E-state index in [0.29, 0.717) is 0 Å². The lowest BCUT2D eigenvalue weighted by atomic mass is 10.3. The van der Waals surface area contributed by atoms with Crippen LogP contribution in [0.15, 0.2) is 52.2 Å². The molecule has 0 aromatic carbocycles. The predicted molar refractivity (Wildman–Crippen MR) is 57.6 cm³/mol. The molecular formula is C10H15N3O. The average Bonchev–Trinajstić information content (AvgIpc) is 2.21. The van der Waals surface area contributed by atoms with E-state index in [4.69, 9.17) is 0 Å². The molecule has 4 heteroatoms. The van der Waals surface area contributed by atoms with Gasteiger partial charge in [0.15, 0.2) is 0 Å². The van der Waals surface area contributed by atoms with Crippen LogP contribution in [0.3, 0.4) is 0 Å². The second-order valence-electron chi connectivity index (χ2n) is 2.49. The van der Waals surface area contributed by atoms with Gasteiger partial charge < -0.3 is 0 Å². The third-order valence-corrected chi connectivity index (χ3v) is 1.37. The Morgan fingerprint density at radius 2 is 1.64 bits per heavy atom. The van der Waals surface area contributed by atoms with E-state index < -0.39 is 0 Å². The van der Waals surface area contributed by atoms with Crippen molar-refractivity contribution in [3.8, 4) is 0 Å². The van der Waals surface area contributed by atoms with Gasteiger partial charge in [-0.3, -0.25) is 0 Å². The summed E-state index contributed by atoms with van der Waals surface area (Å²) in [6.45, 7) is 2.11. The maximum absolute atomic E-state index is 9.47. The minimum atomic E-state index is 0.790. The lowest BCUT2D eigenvalue weighted by Gasteiger charge is -1.81. The molecule has 0 spiro atoms. The highest BCUT2D eigenvalue weighted by Gasteiger charge is 1.72. The fourth-order valence-corrected chi connectivity index (χ4v) is 0.771. The monoisotopic (exact) mass is 193 g/mol. The molecule has 0 aliphatic carbocycles. The van der Waals surface area contributed by atoms with E-state index >= 15 is 0 Å². The van der Waals surface area contributed by atoms with Gasteiger partial charge in [0, 0.05) is 6.20 Å². The molecular weight excluding hydrogens is 178 g/mol. The molecule has 0 bridgehead atoms. The summed E-state index contributed by atoms with van der Waals surface area (Å²) in [4.78, 5) is 9.47. The fourth-order valence-electron chi connectivity index (χ4n) is 0.771. The van der Waals surface area contributed by atoms with Gasteiger partial charge in [-0.15, -0.1) is 10.0 Å². The van der Waals surface area contributed by atoms with Crippen LogP contribution in [0.4, 0.5) is 0 Å². The summed E-state index contributed by atoms with van der Waals surface area (Å²) >= 11 is 0. The minimum Gasteiger partial charge on any atom is -0.136 e. The summed E-state index contributed by atoms with van der Waals surface area (Å²) in [5.74, 6) is 0. The number of hydrogen-bond acceptors (Lipinski definition) is 2. The molecule has 0 aliphatic rings. The first-order chi connectivity index (χ1) is 6.91. The van der Waals surface area contributed by atoms with Crippen LogP contribution < -0.4 is 0 Å². The molecule has 0 radical (unpaired) electrons. The zero-order valence-corrected chi connectivity index (χ0v) is 8.34. The van der Waals surface area contributed by atoms with Gasteiger partial charge in [0.05, 0.1) is 0 Å². The molecule has 0 saturated heterocycles. The lowest BCUT2D eigenvalue weighted by molar-refractivity contribution is 1.04. The van der Waals surface area contributed by atoms with Crippen LogP contribution in [0.25, 0.3) is 0 Å². The lowest BCUT2D eigenvalue weighted by Crippen LogP contribution is -1.61. The molecule has 0 amide bonds. The summed E-state index contributed by atoms with van der Waals surface area (Å²) < 4.78 is 0. The van der Waals surface area contributed by atoms with E-state index in [9.17, 15) is 4.91 Å². The van der Waals surface area contributed by atoms with Crippen molar-refractivity contribution in [1.29, 1.82) is 0 Å². The fraction of sp³-hybridized carbons (Fsp3) is 0.400. The van der Waals surface area contributed by atoms with Gasteiger partial charge in [-0.2, -0.15) is 0 Å². The van der Waals surface area contributed by atoms with Gasteiger partial charge in [-0.05, 0) is 24.5 Å². The Labute approximate surface area is 84.1 Å². The van der Waals surface area contributed by atoms with Crippen molar-refractivity contribution in [2.24, 2.45) is 15.6 Å². The van der Waals surface area contributed by atoms with Crippen LogP contribution in [0.1, 0.15) is 26.2 Å². The van der Waals surface area contributed by atoms with Gasteiger partial charge >= 0.3 is 0 Å². The zero-order chi connectivity index (χ0) is 10.5. The maximum Gasteiger partial charge on any atom is 0.100 e. The van der Waals surface area contributed by atoms with E-state index in [1.807, 2.05) is 6.08 Å². The topological polar surface area (TPSA) is 54.1 Å². The standard InChI is InChI=1S/C10H15N3O/c1-2-3-4-5-6-7-8-9-10-11-12-13-14/h3-4,6-7,9-10H,2,5,8H2,1H3/b4-3?,7-6+,10-9+,12-11?. The highest BCUT2D eigenvalue weighted by molar-refractivity contribution is 4.96. The SMILES string of the molecule is CCC=CC/C=C/C/C=C/N=NN=O. The maximum atomic E-state index is 9.47. The van der Waals surface area contributed by atoms with Crippen molar-refractivity contribution in [3.05, 3.63) is 41.5 Å². The van der Waals surface area contributed by atoms with Crippen LogP contribution in [0.5, 0.6) is 0 Å². The molecule has 0 heterocycles. The molecule has 0 atom stereocenters. The molecule has 0 saturated carbocycles. The highest BCUT2D eigenvalue weighted by atomic mass is 16.3. The van der Waals surface area contributed by atoms with Crippen LogP contribution in [0, 0.1) is 4.91 Å². The van der Waals surface area contributed by atoms with Crippen LogP contribution in [-0.4, -0.2) is 0 Å². The molecule has 0 aromatic rings. The molecule has 0 aliphatic heterocycles. The van der Waals surface area contributed by atoms with Gasteiger partial charge in [0.25, 0.3) is 0 Å².